The predicted molar refractivity (Wildman–Crippen MR) is 125 cm³/mol. The fourth-order valence-electron chi connectivity index (χ4n) is 3.77. The number of methoxy groups -OCH3 is 1. The molecule has 11 nitrogen and oxygen atoms in total. The number of aromatic amines is 1. The molecule has 184 valence electrons. The number of carbonyl (C=O) groups excluding carboxylic acids is 2. The van der Waals surface area contributed by atoms with E-state index in [0.717, 1.165) is 5.56 Å². The number of benzene rings is 2. The summed E-state index contributed by atoms with van der Waals surface area (Å²) in [6, 6.07) is 14.1. The number of ether oxygens (including phenoxy) is 3. The Morgan fingerprint density at radius 3 is 2.51 bits per heavy atom. The summed E-state index contributed by atoms with van der Waals surface area (Å²) in [5, 5.41) is 3.64. The Morgan fingerprint density at radius 1 is 1.20 bits per heavy atom. The van der Waals surface area contributed by atoms with Crippen LogP contribution in [0.2, 0.25) is 0 Å². The van der Waals surface area contributed by atoms with E-state index in [1.165, 1.54) is 12.0 Å². The Balaban J connectivity index is 1.32. The first-order valence-electron chi connectivity index (χ1n) is 11.0. The zero-order chi connectivity index (χ0) is 25.0. The number of cyclic esters (lactones) is 1. The summed E-state index contributed by atoms with van der Waals surface area (Å²) < 4.78 is 20.6. The van der Waals surface area contributed by atoms with Gasteiger partial charge >= 0.3 is 17.8 Å². The van der Waals surface area contributed by atoms with Gasteiger partial charge in [0.1, 0.15) is 17.9 Å². The minimum Gasteiger partial charge on any atom is -0.490 e. The lowest BCUT2D eigenvalue weighted by atomic mass is 9.89. The van der Waals surface area contributed by atoms with Gasteiger partial charge in [-0.2, -0.15) is 0 Å². The molecular weight excluding hydrogens is 456 g/mol. The smallest absolute Gasteiger partial charge is 0.439 e. The van der Waals surface area contributed by atoms with Gasteiger partial charge in [0, 0.05) is 17.7 Å². The topological polar surface area (TPSA) is 150 Å². The van der Waals surface area contributed by atoms with Crippen LogP contribution >= 0.6 is 0 Å². The first-order valence-corrected chi connectivity index (χ1v) is 11.0. The van der Waals surface area contributed by atoms with Crippen LogP contribution in [0.25, 0.3) is 11.4 Å². The molecule has 3 aromatic rings. The molecule has 1 aliphatic rings. The Labute approximate surface area is 200 Å². The van der Waals surface area contributed by atoms with Crippen molar-refractivity contribution in [1.82, 2.24) is 10.1 Å². The van der Waals surface area contributed by atoms with E-state index in [1.807, 2.05) is 19.1 Å². The lowest BCUT2D eigenvalue weighted by Gasteiger charge is -2.25. The van der Waals surface area contributed by atoms with Gasteiger partial charge in [0.25, 0.3) is 0 Å². The number of carbonyl (C=O) groups is 2. The monoisotopic (exact) mass is 482 g/mol. The molecule has 2 atom stereocenters. The van der Waals surface area contributed by atoms with Crippen molar-refractivity contribution in [2.45, 2.75) is 31.4 Å². The van der Waals surface area contributed by atoms with Crippen LogP contribution in [0.1, 0.15) is 18.9 Å². The fraction of sp³-hybridized carbons (Fsp3) is 0.333. The summed E-state index contributed by atoms with van der Waals surface area (Å²) in [4.78, 5) is 39.4. The molecule has 1 saturated heterocycles. The minimum absolute atomic E-state index is 0.178. The molecule has 1 amide bonds. The number of H-pyrrole nitrogens is 1. The molecule has 1 aromatic heterocycles. The number of rotatable bonds is 9. The van der Waals surface area contributed by atoms with Crippen molar-refractivity contribution in [3.63, 3.8) is 0 Å². The largest absolute Gasteiger partial charge is 0.490 e. The first-order chi connectivity index (χ1) is 16.8. The van der Waals surface area contributed by atoms with Gasteiger partial charge in [0.2, 0.25) is 0 Å². The third-order valence-electron chi connectivity index (χ3n) is 5.87. The molecule has 2 unspecified atom stereocenters. The van der Waals surface area contributed by atoms with E-state index in [0.29, 0.717) is 42.2 Å². The normalized spacial score (nSPS) is 17.1. The summed E-state index contributed by atoms with van der Waals surface area (Å²) >= 11 is 0. The molecule has 0 bridgehead atoms. The van der Waals surface area contributed by atoms with Crippen molar-refractivity contribution in [1.29, 1.82) is 0 Å². The maximum absolute atomic E-state index is 12.4. The quantitative estimate of drug-likeness (QED) is 0.438. The van der Waals surface area contributed by atoms with Crippen molar-refractivity contribution in [2.75, 3.05) is 25.2 Å². The van der Waals surface area contributed by atoms with E-state index in [4.69, 9.17) is 19.9 Å². The SMILES string of the molecule is CCC(N)(Cc1ccc(OCC2CN(c3ccc(-c4noc(=O)[nH]4)cc3)C(=O)O2)cc1)C(=O)OC. The van der Waals surface area contributed by atoms with E-state index in [9.17, 15) is 14.4 Å². The number of nitrogens with two attached hydrogens (primary N) is 1. The van der Waals surface area contributed by atoms with Gasteiger partial charge in [-0.15, -0.1) is 0 Å². The first kappa shape index (κ1) is 24.0. The molecule has 1 aliphatic heterocycles. The minimum atomic E-state index is -1.08. The molecule has 1 fully saturated rings. The second kappa shape index (κ2) is 10.0. The molecule has 4 rings (SSSR count). The zero-order valence-corrected chi connectivity index (χ0v) is 19.4. The highest BCUT2D eigenvalue weighted by atomic mass is 16.6. The van der Waals surface area contributed by atoms with E-state index in [-0.39, 0.29) is 6.61 Å². The summed E-state index contributed by atoms with van der Waals surface area (Å²) in [7, 11) is 1.32. The summed E-state index contributed by atoms with van der Waals surface area (Å²) in [6.07, 6.45) is -0.135. The van der Waals surface area contributed by atoms with Crippen LogP contribution in [-0.4, -0.2) is 54.1 Å². The van der Waals surface area contributed by atoms with Crippen molar-refractivity contribution < 1.29 is 28.3 Å². The van der Waals surface area contributed by atoms with E-state index < -0.39 is 29.5 Å². The number of amides is 1. The molecule has 2 heterocycles. The fourth-order valence-corrected chi connectivity index (χ4v) is 3.77. The summed E-state index contributed by atoms with van der Waals surface area (Å²) in [6.45, 7) is 2.34. The van der Waals surface area contributed by atoms with Gasteiger partial charge in [0.05, 0.1) is 13.7 Å². The molecule has 35 heavy (non-hydrogen) atoms. The van der Waals surface area contributed by atoms with Crippen LogP contribution in [0.5, 0.6) is 5.75 Å². The number of nitrogens with one attached hydrogen (secondary N) is 1. The van der Waals surface area contributed by atoms with E-state index in [1.54, 1.807) is 36.4 Å². The van der Waals surface area contributed by atoms with Crippen LogP contribution in [0.15, 0.2) is 57.8 Å². The van der Waals surface area contributed by atoms with Gasteiger partial charge in [-0.1, -0.05) is 24.2 Å². The third kappa shape index (κ3) is 5.35. The molecule has 11 heteroatoms. The van der Waals surface area contributed by atoms with Gasteiger partial charge in [-0.25, -0.2) is 9.59 Å². The van der Waals surface area contributed by atoms with Crippen molar-refractivity contribution in [3.05, 3.63) is 64.6 Å². The Bertz CT molecular complexity index is 1240. The maximum Gasteiger partial charge on any atom is 0.439 e. The van der Waals surface area contributed by atoms with Gasteiger partial charge in [-0.05, 0) is 48.4 Å². The van der Waals surface area contributed by atoms with Crippen LogP contribution in [0.3, 0.4) is 0 Å². The van der Waals surface area contributed by atoms with Crippen molar-refractivity contribution in [3.8, 4) is 17.1 Å². The highest BCUT2D eigenvalue weighted by Gasteiger charge is 2.34. The molecule has 3 N–H and O–H groups in total. The molecule has 2 aromatic carbocycles. The van der Waals surface area contributed by atoms with Gasteiger partial charge in [0.15, 0.2) is 11.9 Å². The Kier molecular flexibility index (Phi) is 6.87. The molecular formula is C24H26N4O7. The van der Waals surface area contributed by atoms with Crippen LogP contribution in [0, 0.1) is 0 Å². The van der Waals surface area contributed by atoms with Crippen LogP contribution < -0.4 is 21.1 Å². The molecule has 0 saturated carbocycles. The lowest BCUT2D eigenvalue weighted by Crippen LogP contribution is -2.50. The van der Waals surface area contributed by atoms with Crippen molar-refractivity contribution >= 4 is 17.7 Å². The number of hydrogen-bond donors (Lipinski definition) is 2. The second-order valence-electron chi connectivity index (χ2n) is 8.24. The third-order valence-corrected chi connectivity index (χ3v) is 5.87. The summed E-state index contributed by atoms with van der Waals surface area (Å²) in [5.74, 6) is -0.179. The number of aromatic nitrogens is 2. The van der Waals surface area contributed by atoms with E-state index in [2.05, 4.69) is 14.7 Å². The molecule has 0 spiro atoms. The standard InChI is InChI=1S/C24H26N4O7/c1-3-24(25,21(29)32-2)12-15-4-10-18(11-5-15)33-14-19-13-28(23(31)34-19)17-8-6-16(7-9-17)20-26-22(30)35-27-20/h4-11,19H,3,12-14,25H2,1-2H3,(H,26,27,30). The van der Waals surface area contributed by atoms with Gasteiger partial charge < -0.3 is 19.9 Å². The number of anilines is 1. The van der Waals surface area contributed by atoms with Crippen LogP contribution in [-0.2, 0) is 20.7 Å². The average molecular weight is 482 g/mol. The highest BCUT2D eigenvalue weighted by molar-refractivity contribution is 5.90. The molecule has 0 radical (unpaired) electrons. The zero-order valence-electron chi connectivity index (χ0n) is 19.4. The lowest BCUT2D eigenvalue weighted by molar-refractivity contribution is -0.147. The van der Waals surface area contributed by atoms with Crippen molar-refractivity contribution in [2.24, 2.45) is 5.73 Å². The number of hydrogen-bond acceptors (Lipinski definition) is 9. The Hall–Kier alpha value is -4.12. The molecule has 0 aliphatic carbocycles. The Morgan fingerprint density at radius 2 is 1.91 bits per heavy atom. The maximum atomic E-state index is 12.4. The van der Waals surface area contributed by atoms with Crippen LogP contribution in [0.4, 0.5) is 10.5 Å². The predicted octanol–water partition coefficient (Wildman–Crippen LogP) is 2.26. The second-order valence-corrected chi connectivity index (χ2v) is 8.24. The highest BCUT2D eigenvalue weighted by Crippen LogP contribution is 2.25. The number of nitrogens with zero attached hydrogens (tertiary/aromatic N) is 2. The summed E-state index contributed by atoms with van der Waals surface area (Å²) in [5.41, 5.74) is 7.28. The number of esters is 1. The van der Waals surface area contributed by atoms with Gasteiger partial charge in [-0.3, -0.25) is 19.2 Å². The van der Waals surface area contributed by atoms with E-state index >= 15 is 0 Å². The average Bonchev–Trinajstić information content (AvgIpc) is 3.48.